The number of nitrogens with zero attached hydrogens (tertiary/aromatic N) is 4. The van der Waals surface area contributed by atoms with Crippen LogP contribution in [-0.2, 0) is 65.0 Å². The van der Waals surface area contributed by atoms with E-state index in [2.05, 4.69) is 21.3 Å². The average molecular weight is 1250 g/mol. The molecular formula is C70H92N10O9S. The summed E-state index contributed by atoms with van der Waals surface area (Å²) in [4.78, 5) is 119. The number of aliphatic hydroxyl groups excluding tert-OH is 1. The summed E-state index contributed by atoms with van der Waals surface area (Å²) in [5.74, 6) is -2.11. The lowest BCUT2D eigenvalue weighted by atomic mass is 10.0. The third-order valence-electron chi connectivity index (χ3n) is 16.0. The fourth-order valence-corrected chi connectivity index (χ4v) is 12.2. The number of thioether (sulfide) groups is 1. The van der Waals surface area contributed by atoms with E-state index in [0.717, 1.165) is 40.7 Å². The number of benzene rings is 5. The molecule has 0 spiro atoms. The second-order valence-corrected chi connectivity index (χ2v) is 25.5. The molecule has 5 aromatic rings. The topological polar surface area (TPSA) is 270 Å². The highest BCUT2D eigenvalue weighted by Crippen LogP contribution is 2.33. The maximum atomic E-state index is 14.7. The van der Waals surface area contributed by atoms with Crippen LogP contribution in [0.3, 0.4) is 0 Å². The van der Waals surface area contributed by atoms with Crippen LogP contribution in [0, 0.1) is 11.8 Å². The number of fused-ring (bicyclic) bond motifs is 29. The summed E-state index contributed by atoms with van der Waals surface area (Å²) in [5, 5.41) is 25.1. The van der Waals surface area contributed by atoms with Gasteiger partial charge in [-0.3, -0.25) is 43.7 Å². The molecule has 482 valence electrons. The van der Waals surface area contributed by atoms with Gasteiger partial charge in [-0.25, -0.2) is 0 Å². The van der Waals surface area contributed by atoms with Crippen molar-refractivity contribution in [2.45, 2.75) is 127 Å². The number of hydrogen-bond donors (Lipinski definition) is 7. The van der Waals surface area contributed by atoms with E-state index in [0.29, 0.717) is 55.6 Å². The third kappa shape index (κ3) is 25.2. The van der Waals surface area contributed by atoms with Gasteiger partial charge in [-0.15, -0.1) is 0 Å². The van der Waals surface area contributed by atoms with E-state index in [4.69, 9.17) is 11.5 Å². The van der Waals surface area contributed by atoms with Crippen molar-refractivity contribution in [3.05, 3.63) is 179 Å². The Morgan fingerprint density at radius 3 is 1.63 bits per heavy atom. The molecule has 8 rings (SSSR count). The van der Waals surface area contributed by atoms with E-state index >= 15 is 0 Å². The Hall–Kier alpha value is -7.91. The molecule has 1 unspecified atom stereocenters. The van der Waals surface area contributed by atoms with Gasteiger partial charge < -0.3 is 52.1 Å². The summed E-state index contributed by atoms with van der Waals surface area (Å²) in [6, 6.07) is 42.7. The predicted molar refractivity (Wildman–Crippen MR) is 351 cm³/mol. The second-order valence-electron chi connectivity index (χ2n) is 24.4. The first-order chi connectivity index (χ1) is 43.4. The molecule has 8 amide bonds. The van der Waals surface area contributed by atoms with Gasteiger partial charge in [0.1, 0.15) is 6.23 Å². The number of hydrogen-bond acceptors (Lipinski definition) is 12. The number of nitrogens with two attached hydrogens (primary N) is 2. The van der Waals surface area contributed by atoms with Crippen molar-refractivity contribution < 1.29 is 43.5 Å². The number of primary amides is 1. The smallest absolute Gasteiger partial charge is 0.251 e. The van der Waals surface area contributed by atoms with Crippen molar-refractivity contribution >= 4 is 59.0 Å². The van der Waals surface area contributed by atoms with Crippen molar-refractivity contribution in [3.63, 3.8) is 0 Å². The minimum atomic E-state index is -1.37. The van der Waals surface area contributed by atoms with Gasteiger partial charge in [-0.2, -0.15) is 11.8 Å². The summed E-state index contributed by atoms with van der Waals surface area (Å²) in [5.41, 5.74) is 16.6. The van der Waals surface area contributed by atoms with Crippen LogP contribution in [0.2, 0.25) is 0 Å². The number of rotatable bonds is 18. The Labute approximate surface area is 534 Å². The van der Waals surface area contributed by atoms with E-state index in [1.54, 1.807) is 17.0 Å². The maximum absolute atomic E-state index is 14.7. The van der Waals surface area contributed by atoms with E-state index in [-0.39, 0.29) is 126 Å². The fraction of sp³-hybridized carbons (Fsp3) is 0.457. The van der Waals surface area contributed by atoms with Gasteiger partial charge in [0.05, 0.1) is 38.3 Å². The minimum absolute atomic E-state index is 0.00368. The standard InChI is InChI=1S/C70H92N10O9S/c1-50(2)36-58-41-79(67(86)32-29-51-16-7-3-8-17-51)47-64(83)75-60(38-53-20-11-5-12-21-53)43-80(69(88)40-55-25-26-55)48-65(84)74-59(37-52-18-9-4-10-19-52)42-77(45-62(72)81)68(87)33-35-90-49-56-27-30-57(31-28-56)70(89)76-61(39-54-22-13-6-14-23-54)44-78(46-63(82)73-58)66(85)24-15-34-71/h3-14,16-23,27-28,30-31,50,55,58-61,64,75,83H,15,24-26,29,32-49,71H2,1-2H3,(H2,72,81)(H,73,82)(H,74,84)(H,76,89)/t58-,59-,60-,61-,64?/m0/s1. The lowest BCUT2D eigenvalue weighted by Gasteiger charge is -2.34. The van der Waals surface area contributed by atoms with E-state index in [1.807, 2.05) is 147 Å². The highest BCUT2D eigenvalue weighted by atomic mass is 32.2. The molecule has 1 aliphatic carbocycles. The summed E-state index contributed by atoms with van der Waals surface area (Å²) in [6.07, 6.45) is 3.02. The van der Waals surface area contributed by atoms with Gasteiger partial charge in [-0.05, 0) is 110 Å². The quantitative estimate of drug-likeness (QED) is 0.0543. The molecule has 2 heterocycles. The van der Waals surface area contributed by atoms with Gasteiger partial charge in [0.25, 0.3) is 5.91 Å². The largest absolute Gasteiger partial charge is 0.377 e. The normalized spacial score (nSPS) is 20.3. The molecule has 5 aromatic carbocycles. The van der Waals surface area contributed by atoms with Gasteiger partial charge in [0, 0.05) is 81.0 Å². The highest BCUT2D eigenvalue weighted by Gasteiger charge is 2.33. The maximum Gasteiger partial charge on any atom is 0.251 e. The summed E-state index contributed by atoms with van der Waals surface area (Å²) in [6.45, 7) is 2.91. The number of aryl methyl sites for hydroxylation is 1. The van der Waals surface area contributed by atoms with Crippen molar-refractivity contribution in [1.29, 1.82) is 0 Å². The van der Waals surface area contributed by atoms with E-state index in [9.17, 15) is 43.5 Å². The van der Waals surface area contributed by atoms with Crippen molar-refractivity contribution in [2.75, 3.05) is 64.7 Å². The number of nitrogens with one attached hydrogen (secondary N) is 4. The molecule has 2 aliphatic heterocycles. The lowest BCUT2D eigenvalue weighted by Crippen LogP contribution is -2.56. The number of carbonyl (C=O) groups excluding carboxylic acids is 8. The van der Waals surface area contributed by atoms with Crippen LogP contribution in [0.1, 0.15) is 103 Å². The van der Waals surface area contributed by atoms with Crippen molar-refractivity contribution in [1.82, 2.24) is 40.9 Å². The Morgan fingerprint density at radius 2 is 1.09 bits per heavy atom. The van der Waals surface area contributed by atoms with E-state index in [1.165, 1.54) is 26.5 Å². The molecule has 5 atom stereocenters. The number of amides is 8. The first-order valence-corrected chi connectivity index (χ1v) is 32.9. The van der Waals surface area contributed by atoms with Gasteiger partial charge in [0.2, 0.25) is 41.4 Å². The van der Waals surface area contributed by atoms with Crippen LogP contribution < -0.4 is 32.7 Å². The van der Waals surface area contributed by atoms with Crippen molar-refractivity contribution in [3.8, 4) is 0 Å². The van der Waals surface area contributed by atoms with Gasteiger partial charge in [0.15, 0.2) is 0 Å². The highest BCUT2D eigenvalue weighted by molar-refractivity contribution is 7.98. The van der Waals surface area contributed by atoms with Crippen LogP contribution in [0.15, 0.2) is 146 Å². The zero-order chi connectivity index (χ0) is 64.2. The molecule has 90 heavy (non-hydrogen) atoms. The van der Waals surface area contributed by atoms with Crippen LogP contribution in [0.4, 0.5) is 0 Å². The summed E-state index contributed by atoms with van der Waals surface area (Å²) < 4.78 is 0. The first-order valence-electron chi connectivity index (χ1n) is 31.7. The predicted octanol–water partition coefficient (Wildman–Crippen LogP) is 5.41. The molecule has 1 fully saturated rings. The minimum Gasteiger partial charge on any atom is -0.377 e. The molecule has 0 radical (unpaired) electrons. The van der Waals surface area contributed by atoms with Crippen LogP contribution in [-0.4, -0.2) is 167 Å². The molecule has 20 heteroatoms. The van der Waals surface area contributed by atoms with Crippen molar-refractivity contribution in [2.24, 2.45) is 23.3 Å². The van der Waals surface area contributed by atoms with Gasteiger partial charge >= 0.3 is 0 Å². The van der Waals surface area contributed by atoms with Crippen LogP contribution in [0.25, 0.3) is 0 Å². The molecule has 0 aromatic heterocycles. The number of carbonyl (C=O) groups is 8. The molecule has 9 N–H and O–H groups in total. The Bertz CT molecular complexity index is 3070. The molecule has 1 saturated carbocycles. The lowest BCUT2D eigenvalue weighted by molar-refractivity contribution is -0.138. The Kier molecular flexibility index (Phi) is 28.3. The monoisotopic (exact) mass is 1250 g/mol. The van der Waals surface area contributed by atoms with Crippen LogP contribution >= 0.6 is 11.8 Å². The van der Waals surface area contributed by atoms with Crippen LogP contribution in [0.5, 0.6) is 0 Å². The Balaban J connectivity index is 1.24. The zero-order valence-corrected chi connectivity index (χ0v) is 53.0. The van der Waals surface area contributed by atoms with E-state index < -0.39 is 48.1 Å². The molecule has 3 aliphatic rings. The fourth-order valence-electron chi connectivity index (χ4n) is 11.4. The average Bonchev–Trinajstić information content (AvgIpc) is 2.30. The third-order valence-corrected chi connectivity index (χ3v) is 17.0. The zero-order valence-electron chi connectivity index (χ0n) is 52.2. The molecule has 19 nitrogen and oxygen atoms in total. The Morgan fingerprint density at radius 1 is 0.589 bits per heavy atom. The summed E-state index contributed by atoms with van der Waals surface area (Å²) in [7, 11) is 0. The number of aliphatic hydroxyl groups is 1. The molecular weight excluding hydrogens is 1160 g/mol. The molecule has 2 bridgehead atoms. The second kappa shape index (κ2) is 36.7. The van der Waals surface area contributed by atoms with Gasteiger partial charge in [-0.1, -0.05) is 147 Å². The molecule has 0 saturated heterocycles. The first kappa shape index (κ1) is 69.6. The SMILES string of the molecule is CC(C)C[C@H]1CN(C(=O)CCc2ccccc2)CC(O)N[C@@H](Cc2ccccc2)CN(C(=O)CC2CC2)CC(=O)N[C@@H](Cc2ccccc2)CN(CC(N)=O)C(=O)CCSCc2ccc(cc2)C(=O)N[C@@H](Cc2ccccc2)CN(C(=O)CCCN)CC(=O)N1. The summed E-state index contributed by atoms with van der Waals surface area (Å²) >= 11 is 1.50.